The summed E-state index contributed by atoms with van der Waals surface area (Å²) in [4.78, 5) is 17.9. The van der Waals surface area contributed by atoms with E-state index in [1.165, 1.54) is 4.90 Å². The molecule has 0 aliphatic carbocycles. The predicted molar refractivity (Wildman–Crippen MR) is 173 cm³/mol. The SMILES string of the molecule is O=C(NCc1ccccc1-c1ccc([C@@H]2O[C@H](CSc3ccccc3)C[C@H](c3ccc(CO)cc3)O2)cc1)c1cccnc1. The first-order chi connectivity index (χ1) is 21.7. The second-order valence-electron chi connectivity index (χ2n) is 10.7. The second kappa shape index (κ2) is 14.5. The van der Waals surface area contributed by atoms with Crippen LogP contribution in [0.25, 0.3) is 11.1 Å². The van der Waals surface area contributed by atoms with Crippen molar-refractivity contribution in [1.29, 1.82) is 0 Å². The summed E-state index contributed by atoms with van der Waals surface area (Å²) in [5, 5.41) is 12.5. The van der Waals surface area contributed by atoms with E-state index >= 15 is 0 Å². The molecule has 1 amide bonds. The van der Waals surface area contributed by atoms with Crippen molar-refractivity contribution in [1.82, 2.24) is 10.3 Å². The molecule has 4 aromatic carbocycles. The minimum atomic E-state index is -0.518. The van der Waals surface area contributed by atoms with Gasteiger partial charge in [-0.3, -0.25) is 9.78 Å². The van der Waals surface area contributed by atoms with Gasteiger partial charge in [-0.25, -0.2) is 0 Å². The second-order valence-corrected chi connectivity index (χ2v) is 11.8. The van der Waals surface area contributed by atoms with Crippen molar-refractivity contribution in [3.05, 3.63) is 155 Å². The van der Waals surface area contributed by atoms with Crippen molar-refractivity contribution in [2.45, 2.75) is 43.0 Å². The quantitative estimate of drug-likeness (QED) is 0.161. The molecule has 6 rings (SSSR count). The van der Waals surface area contributed by atoms with E-state index in [1.54, 1.807) is 36.3 Å². The van der Waals surface area contributed by atoms with Gasteiger partial charge in [0.1, 0.15) is 0 Å². The standard InChI is InChI=1S/C37H34N2O4S/c40-24-26-12-14-28(15-13-26)35-21-32(25-44-33-9-2-1-3-10-33)42-37(43-35)29-18-16-27(17-19-29)34-11-5-4-7-30(34)23-39-36(41)31-8-6-20-38-22-31/h1-20,22,32,35,37,40H,21,23-25H2,(H,39,41)/t32-,35+,37+/m0/s1. The van der Waals surface area contributed by atoms with Gasteiger partial charge in [-0.1, -0.05) is 91.0 Å². The number of aromatic nitrogens is 1. The normalized spacial score (nSPS) is 18.1. The Bertz CT molecular complexity index is 1650. The number of hydrogen-bond donors (Lipinski definition) is 2. The summed E-state index contributed by atoms with van der Waals surface area (Å²) in [7, 11) is 0. The van der Waals surface area contributed by atoms with Gasteiger partial charge in [-0.15, -0.1) is 11.8 Å². The Morgan fingerprint density at radius 3 is 2.34 bits per heavy atom. The predicted octanol–water partition coefficient (Wildman–Crippen LogP) is 7.51. The molecule has 1 aromatic heterocycles. The van der Waals surface area contributed by atoms with Crippen LogP contribution in [0.1, 0.15) is 51.4 Å². The fraction of sp³-hybridized carbons (Fsp3) is 0.189. The zero-order chi connectivity index (χ0) is 30.1. The maximum Gasteiger partial charge on any atom is 0.253 e. The lowest BCUT2D eigenvalue weighted by molar-refractivity contribution is -0.245. The summed E-state index contributed by atoms with van der Waals surface area (Å²) in [6, 6.07) is 38.2. The number of nitrogens with one attached hydrogen (secondary N) is 1. The van der Waals surface area contributed by atoms with Gasteiger partial charge in [-0.05, 0) is 52.1 Å². The third-order valence-corrected chi connectivity index (χ3v) is 8.81. The molecule has 2 heterocycles. The third-order valence-electron chi connectivity index (χ3n) is 7.67. The Labute approximate surface area is 262 Å². The van der Waals surface area contributed by atoms with Crippen LogP contribution in [-0.4, -0.2) is 27.9 Å². The highest BCUT2D eigenvalue weighted by Crippen LogP contribution is 2.40. The lowest BCUT2D eigenvalue weighted by atomic mass is 9.97. The number of nitrogens with zero attached hydrogens (tertiary/aromatic N) is 1. The number of benzene rings is 4. The molecule has 2 N–H and O–H groups in total. The number of pyridine rings is 1. The van der Waals surface area contributed by atoms with Crippen LogP contribution in [-0.2, 0) is 22.6 Å². The van der Waals surface area contributed by atoms with E-state index in [9.17, 15) is 9.90 Å². The minimum absolute atomic E-state index is 0.00898. The molecule has 6 nitrogen and oxygen atoms in total. The largest absolute Gasteiger partial charge is 0.392 e. The minimum Gasteiger partial charge on any atom is -0.392 e. The fourth-order valence-electron chi connectivity index (χ4n) is 5.28. The first-order valence-corrected chi connectivity index (χ1v) is 15.7. The van der Waals surface area contributed by atoms with Gasteiger partial charge in [0.15, 0.2) is 6.29 Å². The van der Waals surface area contributed by atoms with Crippen molar-refractivity contribution >= 4 is 17.7 Å². The molecule has 0 spiro atoms. The van der Waals surface area contributed by atoms with Crippen LogP contribution >= 0.6 is 11.8 Å². The molecule has 1 fully saturated rings. The van der Waals surface area contributed by atoms with Crippen molar-refractivity contribution < 1.29 is 19.4 Å². The van der Waals surface area contributed by atoms with E-state index in [4.69, 9.17) is 9.47 Å². The Balaban J connectivity index is 1.19. The van der Waals surface area contributed by atoms with Crippen molar-refractivity contribution in [3.63, 3.8) is 0 Å². The van der Waals surface area contributed by atoms with Crippen LogP contribution in [0.15, 0.2) is 133 Å². The van der Waals surface area contributed by atoms with E-state index in [1.807, 2.05) is 48.5 Å². The van der Waals surface area contributed by atoms with Gasteiger partial charge >= 0.3 is 0 Å². The third kappa shape index (κ3) is 7.44. The molecule has 0 radical (unpaired) electrons. The number of carbonyl (C=O) groups is 1. The summed E-state index contributed by atoms with van der Waals surface area (Å²) in [5.41, 5.74) is 6.54. The first-order valence-electron chi connectivity index (χ1n) is 14.7. The van der Waals surface area contributed by atoms with Gasteiger partial charge in [-0.2, -0.15) is 0 Å². The molecule has 5 aromatic rings. The van der Waals surface area contributed by atoms with Crippen LogP contribution in [0.3, 0.4) is 0 Å². The van der Waals surface area contributed by atoms with Crippen molar-refractivity contribution in [2.75, 3.05) is 5.75 Å². The highest BCUT2D eigenvalue weighted by atomic mass is 32.2. The van der Waals surface area contributed by atoms with E-state index in [-0.39, 0.29) is 24.7 Å². The summed E-state index contributed by atoms with van der Waals surface area (Å²) < 4.78 is 13.1. The summed E-state index contributed by atoms with van der Waals surface area (Å²) in [6.45, 7) is 0.415. The number of ether oxygens (including phenoxy) is 2. The fourth-order valence-corrected chi connectivity index (χ4v) is 6.22. The number of thioether (sulfide) groups is 1. The van der Waals surface area contributed by atoms with Crippen molar-refractivity contribution in [3.8, 4) is 11.1 Å². The number of amides is 1. The van der Waals surface area contributed by atoms with Crippen LogP contribution in [0, 0.1) is 0 Å². The monoisotopic (exact) mass is 602 g/mol. The highest BCUT2D eigenvalue weighted by molar-refractivity contribution is 7.99. The van der Waals surface area contributed by atoms with Gasteiger partial charge < -0.3 is 19.9 Å². The van der Waals surface area contributed by atoms with Crippen LogP contribution in [0.2, 0.25) is 0 Å². The lowest BCUT2D eigenvalue weighted by Crippen LogP contribution is -2.31. The van der Waals surface area contributed by atoms with Gasteiger partial charge in [0.25, 0.3) is 5.91 Å². The first kappa shape index (κ1) is 29.8. The Kier molecular flexibility index (Phi) is 9.79. The molecule has 1 aliphatic rings. The lowest BCUT2D eigenvalue weighted by Gasteiger charge is -2.36. The smallest absolute Gasteiger partial charge is 0.253 e. The Morgan fingerprint density at radius 1 is 0.841 bits per heavy atom. The molecule has 7 heteroatoms. The van der Waals surface area contributed by atoms with Gasteiger partial charge in [0.05, 0.1) is 24.4 Å². The zero-order valence-electron chi connectivity index (χ0n) is 24.2. The Hall–Kier alpha value is -4.27. The number of rotatable bonds is 10. The van der Waals surface area contributed by atoms with Gasteiger partial charge in [0, 0.05) is 41.6 Å². The Morgan fingerprint density at radius 2 is 1.59 bits per heavy atom. The van der Waals surface area contributed by atoms with E-state index < -0.39 is 6.29 Å². The molecule has 1 aliphatic heterocycles. The maximum atomic E-state index is 12.6. The van der Waals surface area contributed by atoms with E-state index in [2.05, 4.69) is 64.9 Å². The average Bonchev–Trinajstić information content (AvgIpc) is 3.10. The molecule has 0 unspecified atom stereocenters. The molecule has 44 heavy (non-hydrogen) atoms. The molecule has 0 saturated carbocycles. The average molecular weight is 603 g/mol. The summed E-state index contributed by atoms with van der Waals surface area (Å²) >= 11 is 1.79. The molecule has 0 bridgehead atoms. The number of carbonyl (C=O) groups excluding carboxylic acids is 1. The molecule has 222 valence electrons. The van der Waals surface area contributed by atoms with Crippen LogP contribution in [0.4, 0.5) is 0 Å². The molecule has 3 atom stereocenters. The van der Waals surface area contributed by atoms with Crippen LogP contribution < -0.4 is 5.32 Å². The number of aliphatic hydroxyl groups is 1. The van der Waals surface area contributed by atoms with E-state index in [0.717, 1.165) is 45.6 Å². The number of aliphatic hydroxyl groups excluding tert-OH is 1. The summed E-state index contributed by atoms with van der Waals surface area (Å²) in [5.74, 6) is 0.654. The topological polar surface area (TPSA) is 80.7 Å². The summed E-state index contributed by atoms with van der Waals surface area (Å²) in [6.07, 6.45) is 3.30. The highest BCUT2D eigenvalue weighted by Gasteiger charge is 2.32. The molecular weight excluding hydrogens is 568 g/mol. The zero-order valence-corrected chi connectivity index (χ0v) is 25.0. The molecular formula is C37H34N2O4S. The maximum absolute atomic E-state index is 12.6. The molecule has 1 saturated heterocycles. The van der Waals surface area contributed by atoms with Crippen LogP contribution in [0.5, 0.6) is 0 Å². The van der Waals surface area contributed by atoms with Gasteiger partial charge in [0.2, 0.25) is 0 Å². The number of hydrogen-bond acceptors (Lipinski definition) is 6. The van der Waals surface area contributed by atoms with E-state index in [0.29, 0.717) is 12.1 Å². The van der Waals surface area contributed by atoms with Crippen molar-refractivity contribution in [2.24, 2.45) is 0 Å².